The van der Waals surface area contributed by atoms with Gasteiger partial charge in [-0.25, -0.2) is 0 Å². The van der Waals surface area contributed by atoms with Gasteiger partial charge in [-0.1, -0.05) is 212 Å². The van der Waals surface area contributed by atoms with Gasteiger partial charge in [0.2, 0.25) is 0 Å². The van der Waals surface area contributed by atoms with Crippen molar-refractivity contribution in [2.45, 2.75) is 10.8 Å². The molecular formula is C68H41N. The molecule has 1 heteroatoms. The molecule has 0 atom stereocenters. The predicted octanol–water partition coefficient (Wildman–Crippen LogP) is 17.3. The summed E-state index contributed by atoms with van der Waals surface area (Å²) >= 11 is 0. The third kappa shape index (κ3) is 4.56. The van der Waals surface area contributed by atoms with Crippen LogP contribution in [0.5, 0.6) is 0 Å². The predicted molar refractivity (Wildman–Crippen MR) is 286 cm³/mol. The topological polar surface area (TPSA) is 3.24 Å². The molecule has 12 aromatic carbocycles. The maximum Gasteiger partial charge on any atom is 0.0726 e. The lowest BCUT2D eigenvalue weighted by molar-refractivity contribution is 0.793. The maximum atomic E-state index is 2.54. The van der Waals surface area contributed by atoms with E-state index in [9.17, 15) is 0 Å². The van der Waals surface area contributed by atoms with Gasteiger partial charge in [-0.2, -0.15) is 0 Å². The van der Waals surface area contributed by atoms with Gasteiger partial charge in [0.05, 0.1) is 10.8 Å². The Kier molecular flexibility index (Phi) is 7.27. The second-order valence-corrected chi connectivity index (χ2v) is 19.4. The van der Waals surface area contributed by atoms with Crippen molar-refractivity contribution in [1.29, 1.82) is 0 Å². The Morgan fingerprint density at radius 2 is 0.478 bits per heavy atom. The normalized spacial score (nSPS) is 14.3. The fourth-order valence-electron chi connectivity index (χ4n) is 13.9. The summed E-state index contributed by atoms with van der Waals surface area (Å²) in [5.41, 5.74) is 23.7. The SMILES string of the molecule is c1ccc2c(c1)-c1ccccc1C21c2ccccc2-c2cc(N(c3ccc4c(c3)C3(c5ccccc5-c5ccccc53)c3ccccc3-4)c3ccc4c5ccccc5c5ccccc5c4c3)ccc21. The number of hydrogen-bond donors (Lipinski definition) is 0. The highest BCUT2D eigenvalue weighted by Crippen LogP contribution is 2.65. The largest absolute Gasteiger partial charge is 0.310 e. The highest BCUT2D eigenvalue weighted by molar-refractivity contribution is 6.26. The fraction of sp³-hybridized carbons (Fsp3) is 0.0294. The number of anilines is 3. The molecule has 69 heavy (non-hydrogen) atoms. The van der Waals surface area contributed by atoms with E-state index in [4.69, 9.17) is 0 Å². The van der Waals surface area contributed by atoms with E-state index < -0.39 is 10.8 Å². The van der Waals surface area contributed by atoms with Gasteiger partial charge >= 0.3 is 0 Å². The molecule has 0 amide bonds. The van der Waals surface area contributed by atoms with E-state index >= 15 is 0 Å². The zero-order chi connectivity index (χ0) is 45.0. The van der Waals surface area contributed by atoms with Gasteiger partial charge in [-0.05, 0) is 158 Å². The van der Waals surface area contributed by atoms with Crippen LogP contribution in [0.15, 0.2) is 249 Å². The lowest BCUT2D eigenvalue weighted by atomic mass is 9.70. The van der Waals surface area contributed by atoms with Crippen LogP contribution in [0.25, 0.3) is 76.8 Å². The van der Waals surface area contributed by atoms with Crippen LogP contribution in [0.4, 0.5) is 17.1 Å². The smallest absolute Gasteiger partial charge is 0.0726 e. The minimum absolute atomic E-state index is 0.416. The van der Waals surface area contributed by atoms with E-state index in [1.165, 1.54) is 121 Å². The number of hydrogen-bond acceptors (Lipinski definition) is 1. The molecule has 12 aromatic rings. The number of fused-ring (bicyclic) bond motifs is 26. The van der Waals surface area contributed by atoms with Crippen molar-refractivity contribution >= 4 is 49.4 Å². The average molecular weight is 872 g/mol. The molecule has 318 valence electrons. The monoisotopic (exact) mass is 871 g/mol. The Morgan fingerprint density at radius 1 is 0.188 bits per heavy atom. The summed E-state index contributed by atoms with van der Waals surface area (Å²) < 4.78 is 0. The van der Waals surface area contributed by atoms with E-state index in [1.807, 2.05) is 0 Å². The molecule has 0 aliphatic heterocycles. The summed E-state index contributed by atoms with van der Waals surface area (Å²) in [6, 6.07) is 94.3. The highest BCUT2D eigenvalue weighted by Gasteiger charge is 2.53. The van der Waals surface area contributed by atoms with Crippen LogP contribution in [0, 0.1) is 0 Å². The van der Waals surface area contributed by atoms with Crippen molar-refractivity contribution in [3.8, 4) is 44.5 Å². The zero-order valence-corrected chi connectivity index (χ0v) is 37.6. The number of benzene rings is 12. The van der Waals surface area contributed by atoms with Crippen LogP contribution in [0.1, 0.15) is 44.5 Å². The first kappa shape index (κ1) is 37.3. The van der Waals surface area contributed by atoms with Gasteiger partial charge in [0.15, 0.2) is 0 Å². The molecule has 0 bridgehead atoms. The summed E-state index contributed by atoms with van der Waals surface area (Å²) in [7, 11) is 0. The van der Waals surface area contributed by atoms with Gasteiger partial charge in [-0.15, -0.1) is 0 Å². The molecule has 4 aliphatic rings. The molecule has 2 spiro atoms. The maximum absolute atomic E-state index is 2.54. The fourth-order valence-corrected chi connectivity index (χ4v) is 13.9. The molecule has 0 aromatic heterocycles. The van der Waals surface area contributed by atoms with Gasteiger partial charge in [0, 0.05) is 17.1 Å². The highest BCUT2D eigenvalue weighted by atomic mass is 15.1. The molecule has 0 N–H and O–H groups in total. The molecule has 4 aliphatic carbocycles. The third-order valence-electron chi connectivity index (χ3n) is 16.5. The second-order valence-electron chi connectivity index (χ2n) is 19.4. The molecular weight excluding hydrogens is 831 g/mol. The number of nitrogens with zero attached hydrogens (tertiary/aromatic N) is 1. The van der Waals surface area contributed by atoms with Crippen molar-refractivity contribution in [2.75, 3.05) is 4.90 Å². The van der Waals surface area contributed by atoms with Gasteiger partial charge in [0.1, 0.15) is 0 Å². The van der Waals surface area contributed by atoms with Gasteiger partial charge in [0.25, 0.3) is 0 Å². The first-order valence-corrected chi connectivity index (χ1v) is 24.3. The molecule has 1 nitrogen and oxygen atoms in total. The molecule has 0 heterocycles. The average Bonchev–Trinajstić information content (AvgIpc) is 4.10. The van der Waals surface area contributed by atoms with Gasteiger partial charge < -0.3 is 4.90 Å². The van der Waals surface area contributed by atoms with Gasteiger partial charge in [-0.3, -0.25) is 0 Å². The molecule has 0 unspecified atom stereocenters. The Hall–Kier alpha value is -8.78. The Bertz CT molecular complexity index is 4080. The van der Waals surface area contributed by atoms with Crippen LogP contribution in [-0.4, -0.2) is 0 Å². The van der Waals surface area contributed by atoms with Crippen molar-refractivity contribution < 1.29 is 0 Å². The van der Waals surface area contributed by atoms with E-state index in [0.29, 0.717) is 0 Å². The zero-order valence-electron chi connectivity index (χ0n) is 37.6. The van der Waals surface area contributed by atoms with Crippen LogP contribution in [0.3, 0.4) is 0 Å². The summed E-state index contributed by atoms with van der Waals surface area (Å²) in [5, 5.41) is 7.61. The van der Waals surface area contributed by atoms with Crippen molar-refractivity contribution in [2.24, 2.45) is 0 Å². The summed E-state index contributed by atoms with van der Waals surface area (Å²) in [6.45, 7) is 0. The van der Waals surface area contributed by atoms with Crippen molar-refractivity contribution in [3.05, 3.63) is 293 Å². The molecule has 16 rings (SSSR count). The molecule has 0 radical (unpaired) electrons. The van der Waals surface area contributed by atoms with Crippen molar-refractivity contribution in [3.63, 3.8) is 0 Å². The van der Waals surface area contributed by atoms with Crippen LogP contribution >= 0.6 is 0 Å². The minimum Gasteiger partial charge on any atom is -0.310 e. The summed E-state index contributed by atoms with van der Waals surface area (Å²) in [5.74, 6) is 0. The standard InChI is InChI=1S/C68H41N/c1-2-19-47-45(17-1)46-18-3-4-20-48(46)57-39-42(33-36-49(47)57)69(43-35-38-65-58(40-43)55-26-10-16-32-64(55)67(65)59-27-11-5-21-50(59)51-22-6-12-28-60(51)67)44-34-37-56-54-25-9-15-31-63(54)68(66(56)41-44)61-29-13-7-23-52(61)53-24-8-14-30-62(53)68/h1-41H. The third-order valence-corrected chi connectivity index (χ3v) is 16.5. The Balaban J connectivity index is 0.987. The molecule has 0 fully saturated rings. The van der Waals surface area contributed by atoms with Crippen LogP contribution in [0.2, 0.25) is 0 Å². The first-order valence-electron chi connectivity index (χ1n) is 24.3. The lowest BCUT2D eigenvalue weighted by Gasteiger charge is -2.33. The quantitative estimate of drug-likeness (QED) is 0.160. The van der Waals surface area contributed by atoms with E-state index in [-0.39, 0.29) is 0 Å². The summed E-state index contributed by atoms with van der Waals surface area (Å²) in [6.07, 6.45) is 0. The number of rotatable bonds is 3. The van der Waals surface area contributed by atoms with E-state index in [2.05, 4.69) is 254 Å². The Morgan fingerprint density at radius 3 is 0.942 bits per heavy atom. The molecule has 0 saturated carbocycles. The van der Waals surface area contributed by atoms with Crippen LogP contribution < -0.4 is 4.90 Å². The minimum atomic E-state index is -0.466. The van der Waals surface area contributed by atoms with E-state index in [0.717, 1.165) is 17.1 Å². The lowest BCUT2D eigenvalue weighted by Crippen LogP contribution is -2.26. The van der Waals surface area contributed by atoms with Crippen LogP contribution in [-0.2, 0) is 10.8 Å². The molecule has 0 saturated heterocycles. The Labute approximate surface area is 400 Å². The first-order chi connectivity index (χ1) is 34.2. The second kappa shape index (κ2) is 13.4. The van der Waals surface area contributed by atoms with Crippen molar-refractivity contribution in [1.82, 2.24) is 0 Å². The summed E-state index contributed by atoms with van der Waals surface area (Å²) in [4.78, 5) is 2.54. The van der Waals surface area contributed by atoms with E-state index in [1.54, 1.807) is 0 Å².